The number of nitrogens with zero attached hydrogens (tertiary/aromatic N) is 3. The van der Waals surface area contributed by atoms with Gasteiger partial charge in [-0.1, -0.05) is 13.3 Å². The van der Waals surface area contributed by atoms with Crippen molar-refractivity contribution in [2.75, 3.05) is 11.6 Å². The van der Waals surface area contributed by atoms with Crippen LogP contribution in [-0.4, -0.2) is 25.8 Å². The first kappa shape index (κ1) is 17.0. The molecule has 132 valence electrons. The van der Waals surface area contributed by atoms with E-state index in [0.717, 1.165) is 58.6 Å². The molecule has 0 fully saturated rings. The number of unbranched alkanes of at least 4 members (excludes halogenated alkanes) is 1. The van der Waals surface area contributed by atoms with Crippen LogP contribution >= 0.6 is 34.7 Å². The molecule has 0 spiro atoms. The Kier molecular flexibility index (Phi) is 4.80. The Morgan fingerprint density at radius 3 is 3.04 bits per heavy atom. The maximum atomic E-state index is 6.21. The van der Waals surface area contributed by atoms with Gasteiger partial charge in [-0.2, -0.15) is 0 Å². The average Bonchev–Trinajstić information content (AvgIpc) is 3.32. The SMILES string of the molecule is CCCCc1nc2c(N)nc3ccsc3c2n1CC1NC(CCl)=CS1. The van der Waals surface area contributed by atoms with Crippen LogP contribution in [0.4, 0.5) is 5.82 Å². The number of aromatic nitrogens is 3. The highest BCUT2D eigenvalue weighted by Gasteiger charge is 2.22. The first-order chi connectivity index (χ1) is 12.2. The van der Waals surface area contributed by atoms with Crippen molar-refractivity contribution in [2.24, 2.45) is 0 Å². The zero-order valence-corrected chi connectivity index (χ0v) is 16.3. The Hall–Kier alpha value is -1.44. The van der Waals surface area contributed by atoms with Crippen LogP contribution in [-0.2, 0) is 13.0 Å². The van der Waals surface area contributed by atoms with Gasteiger partial charge in [-0.3, -0.25) is 0 Å². The fourth-order valence-electron chi connectivity index (χ4n) is 3.14. The number of rotatable bonds is 6. The summed E-state index contributed by atoms with van der Waals surface area (Å²) >= 11 is 9.42. The normalized spacial score (nSPS) is 17.4. The molecule has 5 nitrogen and oxygen atoms in total. The Morgan fingerprint density at radius 2 is 2.28 bits per heavy atom. The smallest absolute Gasteiger partial charge is 0.152 e. The molecule has 0 amide bonds. The van der Waals surface area contributed by atoms with Crippen molar-refractivity contribution in [3.8, 4) is 0 Å². The molecule has 0 saturated heterocycles. The largest absolute Gasteiger partial charge is 0.382 e. The second kappa shape index (κ2) is 7.05. The molecule has 0 bridgehead atoms. The molecular formula is C17H20ClN5S2. The number of thiophene rings is 1. The quantitative estimate of drug-likeness (QED) is 0.610. The fraction of sp³-hybridized carbons (Fsp3) is 0.412. The lowest BCUT2D eigenvalue weighted by Crippen LogP contribution is -2.27. The van der Waals surface area contributed by atoms with Crippen molar-refractivity contribution in [3.63, 3.8) is 0 Å². The third-order valence-electron chi connectivity index (χ3n) is 4.36. The first-order valence-corrected chi connectivity index (χ1v) is 10.8. The van der Waals surface area contributed by atoms with Gasteiger partial charge in [0.15, 0.2) is 5.82 Å². The molecule has 4 rings (SSSR count). The molecule has 3 aromatic heterocycles. The van der Waals surface area contributed by atoms with Crippen LogP contribution in [0.15, 0.2) is 22.6 Å². The number of nitrogens with one attached hydrogen (secondary N) is 1. The number of nitrogens with two attached hydrogens (primary N) is 1. The van der Waals surface area contributed by atoms with Crippen LogP contribution < -0.4 is 11.1 Å². The first-order valence-electron chi connectivity index (χ1n) is 8.40. The third kappa shape index (κ3) is 3.09. The number of alkyl halides is 1. The van der Waals surface area contributed by atoms with Crippen molar-refractivity contribution in [1.29, 1.82) is 0 Å². The van der Waals surface area contributed by atoms with Gasteiger partial charge in [0.2, 0.25) is 0 Å². The summed E-state index contributed by atoms with van der Waals surface area (Å²) < 4.78 is 3.49. The number of anilines is 1. The van der Waals surface area contributed by atoms with Crippen LogP contribution in [0.2, 0.25) is 0 Å². The number of hydrogen-bond acceptors (Lipinski definition) is 6. The summed E-state index contributed by atoms with van der Waals surface area (Å²) in [5.74, 6) is 2.13. The van der Waals surface area contributed by atoms with Gasteiger partial charge in [0, 0.05) is 12.1 Å². The number of imidazole rings is 1. The number of nitrogen functional groups attached to an aromatic ring is 1. The highest BCUT2D eigenvalue weighted by Crippen LogP contribution is 2.34. The monoisotopic (exact) mass is 393 g/mol. The van der Waals surface area contributed by atoms with Gasteiger partial charge in [-0.05, 0) is 23.3 Å². The predicted octanol–water partition coefficient (Wildman–Crippen LogP) is 4.31. The van der Waals surface area contributed by atoms with E-state index in [9.17, 15) is 0 Å². The second-order valence-electron chi connectivity index (χ2n) is 6.12. The Bertz CT molecular complexity index is 945. The summed E-state index contributed by atoms with van der Waals surface area (Å²) in [7, 11) is 0. The fourth-order valence-corrected chi connectivity index (χ4v) is 5.21. The lowest BCUT2D eigenvalue weighted by atomic mass is 10.2. The summed E-state index contributed by atoms with van der Waals surface area (Å²) in [5, 5.41) is 7.92. The predicted molar refractivity (Wildman–Crippen MR) is 109 cm³/mol. The molecule has 1 aliphatic heterocycles. The van der Waals surface area contributed by atoms with Gasteiger partial charge in [0.05, 0.1) is 33.5 Å². The van der Waals surface area contributed by atoms with Crippen LogP contribution in [0.1, 0.15) is 25.6 Å². The van der Waals surface area contributed by atoms with E-state index in [1.54, 1.807) is 23.1 Å². The van der Waals surface area contributed by atoms with Gasteiger partial charge in [0.1, 0.15) is 11.3 Å². The highest BCUT2D eigenvalue weighted by atomic mass is 35.5. The number of fused-ring (bicyclic) bond motifs is 3. The van der Waals surface area contributed by atoms with E-state index in [1.807, 2.05) is 6.07 Å². The standard InChI is InChI=1S/C17H20ClN5S2/c1-2-3-4-12-22-14-15(16-11(5-6-24-16)21-17(14)19)23(12)8-13-20-10(7-18)9-25-13/h5-6,9,13,20H,2-4,7-8H2,1H3,(H2,19,21). The Balaban J connectivity index is 1.81. The summed E-state index contributed by atoms with van der Waals surface area (Å²) in [5.41, 5.74) is 10.2. The van der Waals surface area contributed by atoms with E-state index in [0.29, 0.717) is 11.7 Å². The van der Waals surface area contributed by atoms with Crippen LogP contribution in [0.3, 0.4) is 0 Å². The van der Waals surface area contributed by atoms with Crippen molar-refractivity contribution >= 4 is 61.8 Å². The van der Waals surface area contributed by atoms with Gasteiger partial charge in [-0.25, -0.2) is 9.97 Å². The summed E-state index contributed by atoms with van der Waals surface area (Å²) in [6.07, 6.45) is 3.20. The van der Waals surface area contributed by atoms with Crippen molar-refractivity contribution in [2.45, 2.75) is 38.1 Å². The van der Waals surface area contributed by atoms with Crippen LogP contribution in [0.25, 0.3) is 21.3 Å². The van der Waals surface area contributed by atoms with Crippen LogP contribution in [0.5, 0.6) is 0 Å². The number of halogens is 1. The number of thioether (sulfide) groups is 1. The lowest BCUT2D eigenvalue weighted by Gasteiger charge is -2.16. The number of aryl methyl sites for hydroxylation is 1. The highest BCUT2D eigenvalue weighted by molar-refractivity contribution is 8.02. The van der Waals surface area contributed by atoms with Crippen LogP contribution in [0, 0.1) is 0 Å². The molecule has 0 aliphatic carbocycles. The third-order valence-corrected chi connectivity index (χ3v) is 6.57. The van der Waals surface area contributed by atoms with Gasteiger partial charge >= 0.3 is 0 Å². The van der Waals surface area contributed by atoms with Gasteiger partial charge in [0.25, 0.3) is 0 Å². The molecule has 3 aromatic rings. The summed E-state index contributed by atoms with van der Waals surface area (Å²) in [6, 6.07) is 2.02. The molecule has 3 N–H and O–H groups in total. The maximum absolute atomic E-state index is 6.21. The van der Waals surface area contributed by atoms with Gasteiger partial charge in [-0.15, -0.1) is 34.7 Å². The van der Waals surface area contributed by atoms with Gasteiger partial charge < -0.3 is 15.6 Å². The minimum Gasteiger partial charge on any atom is -0.382 e. The average molecular weight is 394 g/mol. The number of pyridine rings is 1. The van der Waals surface area contributed by atoms with E-state index in [4.69, 9.17) is 22.3 Å². The van der Waals surface area contributed by atoms with E-state index >= 15 is 0 Å². The summed E-state index contributed by atoms with van der Waals surface area (Å²) in [4.78, 5) is 9.38. The lowest BCUT2D eigenvalue weighted by molar-refractivity contribution is 0.595. The topological polar surface area (TPSA) is 68.8 Å². The molecule has 25 heavy (non-hydrogen) atoms. The van der Waals surface area contributed by atoms with Crippen molar-refractivity contribution in [3.05, 3.63) is 28.4 Å². The Morgan fingerprint density at radius 1 is 1.40 bits per heavy atom. The zero-order valence-electron chi connectivity index (χ0n) is 14.0. The molecule has 1 unspecified atom stereocenters. The van der Waals surface area contributed by atoms with Crippen molar-refractivity contribution in [1.82, 2.24) is 19.9 Å². The van der Waals surface area contributed by atoms with E-state index in [1.165, 1.54) is 0 Å². The van der Waals surface area contributed by atoms with E-state index < -0.39 is 0 Å². The molecule has 0 aromatic carbocycles. The minimum absolute atomic E-state index is 0.260. The Labute approximate surface area is 159 Å². The minimum atomic E-state index is 0.260. The number of allylic oxidation sites excluding steroid dienone is 1. The number of hydrogen-bond donors (Lipinski definition) is 2. The molecule has 8 heteroatoms. The van der Waals surface area contributed by atoms with E-state index in [2.05, 4.69) is 32.6 Å². The molecule has 1 aliphatic rings. The molecule has 0 radical (unpaired) electrons. The molecule has 1 atom stereocenters. The molecule has 0 saturated carbocycles. The van der Waals surface area contributed by atoms with Crippen molar-refractivity contribution < 1.29 is 0 Å². The second-order valence-corrected chi connectivity index (χ2v) is 8.38. The molecule has 4 heterocycles. The summed E-state index contributed by atoms with van der Waals surface area (Å²) in [6.45, 7) is 3.03. The zero-order chi connectivity index (χ0) is 17.4. The van der Waals surface area contributed by atoms with E-state index in [-0.39, 0.29) is 5.37 Å². The molecular weight excluding hydrogens is 374 g/mol. The maximum Gasteiger partial charge on any atom is 0.152 e.